The average molecular weight is 265 g/mol. The molecule has 0 unspecified atom stereocenters. The molecule has 2 rings (SSSR count). The van der Waals surface area contributed by atoms with Gasteiger partial charge in [-0.15, -0.1) is 0 Å². The van der Waals surface area contributed by atoms with E-state index in [9.17, 15) is 4.79 Å². The summed E-state index contributed by atoms with van der Waals surface area (Å²) in [7, 11) is 0. The van der Waals surface area contributed by atoms with Gasteiger partial charge in [-0.2, -0.15) is 0 Å². The van der Waals surface area contributed by atoms with Crippen LogP contribution >= 0.6 is 0 Å². The van der Waals surface area contributed by atoms with Crippen molar-refractivity contribution in [3.05, 3.63) is 47.0 Å². The summed E-state index contributed by atoms with van der Waals surface area (Å²) in [4.78, 5) is 11.0. The molecule has 58 valence electrons. The number of hydrogen-bond donors (Lipinski definition) is 0. The molecule has 0 saturated heterocycles. The molecule has 0 N–H and O–H groups in total. The summed E-state index contributed by atoms with van der Waals surface area (Å²) in [5.41, 5.74) is -0.275. The van der Waals surface area contributed by atoms with E-state index in [1.807, 2.05) is 18.2 Å². The smallest absolute Gasteiger partial charge is 0.343 e. The standard InChI is InChI=1S/C9H6O2.Sn/c10-9-8-4-2-1-3-7(8)5-6-11-9;/h1-6H;. The van der Waals surface area contributed by atoms with E-state index >= 15 is 0 Å². The zero-order chi connectivity index (χ0) is 7.68. The van der Waals surface area contributed by atoms with Crippen molar-refractivity contribution in [2.45, 2.75) is 0 Å². The Labute approximate surface area is 86.2 Å². The molecule has 0 spiro atoms. The van der Waals surface area contributed by atoms with Gasteiger partial charge in [0.05, 0.1) is 11.6 Å². The normalized spacial score (nSPS) is 9.33. The molecule has 0 atom stereocenters. The predicted molar refractivity (Wildman–Crippen MR) is 48.2 cm³/mol. The van der Waals surface area contributed by atoms with Crippen LogP contribution in [0.5, 0.6) is 0 Å². The van der Waals surface area contributed by atoms with E-state index in [4.69, 9.17) is 0 Å². The minimum Gasteiger partial charge on any atom is -0.431 e. The van der Waals surface area contributed by atoms with Crippen LogP contribution in [0.3, 0.4) is 0 Å². The summed E-state index contributed by atoms with van der Waals surface area (Å²) >= 11 is 0. The Morgan fingerprint density at radius 2 is 1.83 bits per heavy atom. The second-order valence-corrected chi connectivity index (χ2v) is 2.30. The van der Waals surface area contributed by atoms with E-state index in [-0.39, 0.29) is 29.5 Å². The number of rotatable bonds is 0. The number of fused-ring (bicyclic) bond motifs is 1. The van der Waals surface area contributed by atoms with Gasteiger partial charge in [0.25, 0.3) is 0 Å². The third kappa shape index (κ3) is 1.53. The number of hydrogen-bond acceptors (Lipinski definition) is 2. The first-order valence-corrected chi connectivity index (χ1v) is 3.34. The van der Waals surface area contributed by atoms with Crippen LogP contribution in [-0.2, 0) is 0 Å². The first-order chi connectivity index (χ1) is 5.38. The predicted octanol–water partition coefficient (Wildman–Crippen LogP) is 1.41. The summed E-state index contributed by atoms with van der Waals surface area (Å²) < 4.78 is 4.68. The summed E-state index contributed by atoms with van der Waals surface area (Å²) in [6, 6.07) is 9.12. The Balaban J connectivity index is 0.000000720. The van der Waals surface area contributed by atoms with Crippen molar-refractivity contribution < 1.29 is 4.42 Å². The van der Waals surface area contributed by atoms with Gasteiger partial charge in [0.2, 0.25) is 0 Å². The molecule has 3 heteroatoms. The zero-order valence-electron chi connectivity index (χ0n) is 6.28. The quantitative estimate of drug-likeness (QED) is 0.674. The molecule has 12 heavy (non-hydrogen) atoms. The van der Waals surface area contributed by atoms with Crippen LogP contribution in [0.15, 0.2) is 45.8 Å². The van der Waals surface area contributed by atoms with Crippen molar-refractivity contribution in [2.24, 2.45) is 0 Å². The topological polar surface area (TPSA) is 30.2 Å². The molecule has 1 aromatic carbocycles. The van der Waals surface area contributed by atoms with Crippen LogP contribution in [0.2, 0.25) is 0 Å². The van der Waals surface area contributed by atoms with Gasteiger partial charge in [0, 0.05) is 23.9 Å². The molecule has 0 saturated carbocycles. The van der Waals surface area contributed by atoms with Crippen molar-refractivity contribution in [3.8, 4) is 0 Å². The molecule has 0 aliphatic carbocycles. The van der Waals surface area contributed by atoms with E-state index in [1.165, 1.54) is 6.26 Å². The fraction of sp³-hybridized carbons (Fsp3) is 0. The molecule has 0 aliphatic heterocycles. The van der Waals surface area contributed by atoms with Gasteiger partial charge >= 0.3 is 5.63 Å². The van der Waals surface area contributed by atoms with Gasteiger partial charge in [-0.3, -0.25) is 0 Å². The van der Waals surface area contributed by atoms with Gasteiger partial charge in [-0.05, 0) is 17.5 Å². The second-order valence-electron chi connectivity index (χ2n) is 2.30. The largest absolute Gasteiger partial charge is 0.431 e. The van der Waals surface area contributed by atoms with Crippen LogP contribution in [0.4, 0.5) is 0 Å². The van der Waals surface area contributed by atoms with Crippen molar-refractivity contribution in [1.29, 1.82) is 0 Å². The second kappa shape index (κ2) is 3.76. The van der Waals surface area contributed by atoms with Crippen molar-refractivity contribution >= 4 is 34.7 Å². The number of benzene rings is 1. The Morgan fingerprint density at radius 1 is 1.08 bits per heavy atom. The molecule has 0 amide bonds. The minimum absolute atomic E-state index is 0. The summed E-state index contributed by atoms with van der Waals surface area (Å²) in [5.74, 6) is 0. The molecule has 0 fully saturated rings. The molecule has 2 aromatic rings. The third-order valence-corrected chi connectivity index (χ3v) is 1.60. The molecule has 0 aliphatic rings. The van der Waals surface area contributed by atoms with Crippen LogP contribution in [-0.4, -0.2) is 23.9 Å². The summed E-state index contributed by atoms with van der Waals surface area (Å²) in [5, 5.41) is 1.55. The Bertz CT molecular complexity index is 428. The Hall–Kier alpha value is -0.771. The van der Waals surface area contributed by atoms with Gasteiger partial charge in [-0.25, -0.2) is 4.79 Å². The van der Waals surface area contributed by atoms with Crippen LogP contribution < -0.4 is 5.63 Å². The Morgan fingerprint density at radius 3 is 2.58 bits per heavy atom. The van der Waals surface area contributed by atoms with E-state index in [1.54, 1.807) is 12.1 Å². The monoisotopic (exact) mass is 266 g/mol. The molecule has 1 aromatic heterocycles. The molecule has 0 bridgehead atoms. The summed E-state index contributed by atoms with van der Waals surface area (Å²) in [6.45, 7) is 0. The van der Waals surface area contributed by atoms with E-state index < -0.39 is 0 Å². The fourth-order valence-corrected chi connectivity index (χ4v) is 1.06. The van der Waals surface area contributed by atoms with E-state index in [0.29, 0.717) is 5.39 Å². The van der Waals surface area contributed by atoms with Crippen molar-refractivity contribution in [2.75, 3.05) is 0 Å². The van der Waals surface area contributed by atoms with E-state index in [2.05, 4.69) is 4.42 Å². The van der Waals surface area contributed by atoms with Crippen LogP contribution in [0.25, 0.3) is 10.8 Å². The maximum Gasteiger partial charge on any atom is 0.343 e. The molecule has 1 heterocycles. The van der Waals surface area contributed by atoms with Gasteiger partial charge in [-0.1, -0.05) is 18.2 Å². The van der Waals surface area contributed by atoms with Crippen LogP contribution in [0, 0.1) is 0 Å². The maximum atomic E-state index is 11.0. The molecule has 4 radical (unpaired) electrons. The maximum absolute atomic E-state index is 11.0. The van der Waals surface area contributed by atoms with Gasteiger partial charge < -0.3 is 4.42 Å². The zero-order valence-corrected chi connectivity index (χ0v) is 9.13. The van der Waals surface area contributed by atoms with Crippen LogP contribution in [0.1, 0.15) is 0 Å². The average Bonchev–Trinajstić information content (AvgIpc) is 2.06. The SMILES string of the molecule is O=c1occc2ccccc12.[Sn]. The third-order valence-electron chi connectivity index (χ3n) is 1.60. The first-order valence-electron chi connectivity index (χ1n) is 3.34. The van der Waals surface area contributed by atoms with E-state index in [0.717, 1.165) is 5.39 Å². The summed E-state index contributed by atoms with van der Waals surface area (Å²) in [6.07, 6.45) is 1.41. The first kappa shape index (κ1) is 9.32. The van der Waals surface area contributed by atoms with Crippen molar-refractivity contribution in [3.63, 3.8) is 0 Å². The fourth-order valence-electron chi connectivity index (χ4n) is 1.06. The molecule has 2 nitrogen and oxygen atoms in total. The Kier molecular flexibility index (Phi) is 2.92. The molecular formula is C9H6O2Sn. The van der Waals surface area contributed by atoms with Crippen molar-refractivity contribution in [1.82, 2.24) is 0 Å². The minimum atomic E-state index is -0.275. The van der Waals surface area contributed by atoms with Gasteiger partial charge in [0.15, 0.2) is 0 Å². The van der Waals surface area contributed by atoms with Gasteiger partial charge in [0.1, 0.15) is 0 Å². The molecular weight excluding hydrogens is 259 g/mol.